The summed E-state index contributed by atoms with van der Waals surface area (Å²) in [6.07, 6.45) is 36.2. The maximum Gasteiger partial charge on any atom is 0.220 e. The van der Waals surface area contributed by atoms with Gasteiger partial charge in [-0.05, 0) is 44.9 Å². The predicted molar refractivity (Wildman–Crippen MR) is 356 cm³/mol. The molecule has 1 amide bonds. The van der Waals surface area contributed by atoms with Gasteiger partial charge in [-0.2, -0.15) is 0 Å². The van der Waals surface area contributed by atoms with Gasteiger partial charge in [0, 0.05) is 6.42 Å². The monoisotopic (exact) mass is 1300 g/mol. The van der Waals surface area contributed by atoms with Gasteiger partial charge in [0.05, 0.1) is 38.6 Å². The van der Waals surface area contributed by atoms with Crippen LogP contribution in [-0.2, 0) is 33.2 Å². The molecule has 12 N–H and O–H groups in total. The lowest BCUT2D eigenvalue weighted by Crippen LogP contribution is -2.66. The predicted octanol–water partition coefficient (Wildman–Crippen LogP) is 10.6. The average molecular weight is 1300 g/mol. The molecule has 0 radical (unpaired) electrons. The summed E-state index contributed by atoms with van der Waals surface area (Å²) in [6.45, 7) is 1.73. The van der Waals surface area contributed by atoms with E-state index in [4.69, 9.17) is 28.4 Å². The molecule has 0 bridgehead atoms. The molecule has 17 unspecified atom stereocenters. The Kier molecular flexibility index (Phi) is 49.8. The van der Waals surface area contributed by atoms with E-state index in [0.29, 0.717) is 6.42 Å². The second-order valence-electron chi connectivity index (χ2n) is 26.8. The van der Waals surface area contributed by atoms with Crippen LogP contribution in [0.4, 0.5) is 0 Å². The Morgan fingerprint density at radius 1 is 0.385 bits per heavy atom. The number of ether oxygens (including phenoxy) is 6. The first-order chi connectivity index (χ1) is 44.3. The molecule has 17 atom stereocenters. The summed E-state index contributed by atoms with van der Waals surface area (Å²) >= 11 is 0. The topological polar surface area (TPSA) is 307 Å². The summed E-state index contributed by atoms with van der Waals surface area (Å²) in [5, 5.41) is 120. The highest BCUT2D eigenvalue weighted by atomic mass is 16.8. The van der Waals surface area contributed by atoms with E-state index in [1.165, 1.54) is 205 Å². The van der Waals surface area contributed by atoms with Crippen LogP contribution in [0, 0.1) is 0 Å². The van der Waals surface area contributed by atoms with Crippen molar-refractivity contribution >= 4 is 5.91 Å². The average Bonchev–Trinajstić information content (AvgIpc) is 0.877. The lowest BCUT2D eigenvalue weighted by Gasteiger charge is -2.48. The van der Waals surface area contributed by atoms with Crippen molar-refractivity contribution in [3.05, 3.63) is 24.3 Å². The highest BCUT2D eigenvalue weighted by Gasteiger charge is 2.53. The Morgan fingerprint density at radius 2 is 0.692 bits per heavy atom. The molecule has 3 saturated heterocycles. The van der Waals surface area contributed by atoms with Crippen molar-refractivity contribution in [2.45, 2.75) is 401 Å². The minimum Gasteiger partial charge on any atom is -0.394 e. The van der Waals surface area contributed by atoms with Crippen LogP contribution < -0.4 is 5.32 Å². The van der Waals surface area contributed by atoms with Crippen molar-refractivity contribution < 1.29 is 89.4 Å². The molecule has 3 aliphatic heterocycles. The van der Waals surface area contributed by atoms with Gasteiger partial charge >= 0.3 is 0 Å². The van der Waals surface area contributed by atoms with Crippen LogP contribution in [0.3, 0.4) is 0 Å². The molecule has 0 aliphatic carbocycles. The summed E-state index contributed by atoms with van der Waals surface area (Å²) in [6, 6.07) is -0.976. The first kappa shape index (κ1) is 83.5. The van der Waals surface area contributed by atoms with Gasteiger partial charge in [0.1, 0.15) is 73.2 Å². The van der Waals surface area contributed by atoms with E-state index in [1.807, 2.05) is 6.08 Å². The van der Waals surface area contributed by atoms with E-state index in [1.54, 1.807) is 6.08 Å². The van der Waals surface area contributed by atoms with Gasteiger partial charge in [-0.15, -0.1) is 0 Å². The Hall–Kier alpha value is -1.73. The number of rotatable bonds is 58. The molecule has 91 heavy (non-hydrogen) atoms. The van der Waals surface area contributed by atoms with E-state index in [0.717, 1.165) is 64.2 Å². The number of aliphatic hydroxyl groups excluding tert-OH is 11. The minimum absolute atomic E-state index is 0.235. The number of unbranched alkanes of at least 4 members (excludes halogenated alkanes) is 40. The van der Waals surface area contributed by atoms with Gasteiger partial charge in [0.15, 0.2) is 18.9 Å². The molecule has 536 valence electrons. The van der Waals surface area contributed by atoms with Gasteiger partial charge in [-0.1, -0.05) is 269 Å². The number of aliphatic hydroxyl groups is 11. The van der Waals surface area contributed by atoms with Crippen molar-refractivity contribution in [1.82, 2.24) is 5.32 Å². The van der Waals surface area contributed by atoms with Crippen LogP contribution in [0.5, 0.6) is 0 Å². The Labute approximate surface area is 549 Å². The molecule has 3 fully saturated rings. The van der Waals surface area contributed by atoms with Crippen molar-refractivity contribution in [3.8, 4) is 0 Å². The van der Waals surface area contributed by atoms with Crippen molar-refractivity contribution in [3.63, 3.8) is 0 Å². The maximum atomic E-state index is 13.4. The van der Waals surface area contributed by atoms with Crippen LogP contribution in [0.15, 0.2) is 24.3 Å². The summed E-state index contributed by atoms with van der Waals surface area (Å²) < 4.78 is 34.3. The SMILES string of the molecule is CCCCCC/C=C\CCCCCCCC(=O)NC(COC1OC(CO)C(OC2OC(CO)C(OC3OC(CO)C(O)C(O)C3O)C(O)C2O)C(O)C1O)C(O)/C=C/CCCCCCCCCCCCCCCCCCCCCCCCCCCCCCCCC. The van der Waals surface area contributed by atoms with Crippen LogP contribution in [0.1, 0.15) is 296 Å². The first-order valence-electron chi connectivity index (χ1n) is 37.1. The molecule has 3 rings (SSSR count). The maximum absolute atomic E-state index is 13.4. The number of carbonyl (C=O) groups is 1. The Morgan fingerprint density at radius 3 is 1.08 bits per heavy atom. The summed E-state index contributed by atoms with van der Waals surface area (Å²) in [5.74, 6) is -0.282. The van der Waals surface area contributed by atoms with E-state index in [9.17, 15) is 61.0 Å². The fraction of sp³-hybridized carbons (Fsp3) is 0.931. The fourth-order valence-corrected chi connectivity index (χ4v) is 12.7. The standard InChI is InChI=1S/C72H135NO18/c1-3-5-7-9-11-13-15-17-18-19-20-21-22-23-24-25-26-27-28-29-30-31-32-33-34-35-36-38-39-41-43-45-47-49-56(77)55(73-60(78)50-48-46-44-42-40-37-16-14-12-10-8-6-4-2)54-86-70-66(84)63(81)68(58(52-75)88-70)91-72-67(85)64(82)69(59(53-76)89-72)90-71-65(83)62(80)61(79)57(51-74)87-71/h14,16,47,49,55-59,61-72,74-77,79-85H,3-13,15,17-46,48,50-54H2,1-2H3,(H,73,78)/b16-14-,49-47+. The zero-order valence-electron chi connectivity index (χ0n) is 56.8. The van der Waals surface area contributed by atoms with Gasteiger partial charge in [-0.25, -0.2) is 0 Å². The van der Waals surface area contributed by atoms with Crippen LogP contribution in [0.25, 0.3) is 0 Å². The number of hydrogen-bond donors (Lipinski definition) is 12. The van der Waals surface area contributed by atoms with Gasteiger partial charge in [0.25, 0.3) is 0 Å². The summed E-state index contributed by atoms with van der Waals surface area (Å²) in [7, 11) is 0. The molecule has 0 aromatic heterocycles. The molecule has 0 aromatic carbocycles. The quantitative estimate of drug-likeness (QED) is 0.0199. The Balaban J connectivity index is 1.35. The third-order valence-electron chi connectivity index (χ3n) is 18.7. The van der Waals surface area contributed by atoms with Gasteiger partial charge in [0.2, 0.25) is 5.91 Å². The molecule has 0 spiro atoms. The highest BCUT2D eigenvalue weighted by Crippen LogP contribution is 2.33. The molecule has 0 saturated carbocycles. The first-order valence-corrected chi connectivity index (χ1v) is 37.1. The van der Waals surface area contributed by atoms with Crippen LogP contribution >= 0.6 is 0 Å². The van der Waals surface area contributed by atoms with E-state index in [2.05, 4.69) is 31.3 Å². The van der Waals surface area contributed by atoms with Crippen LogP contribution in [-0.4, -0.2) is 193 Å². The zero-order valence-corrected chi connectivity index (χ0v) is 56.8. The molecular weight excluding hydrogens is 1170 g/mol. The molecule has 3 aliphatic rings. The number of carbonyl (C=O) groups excluding carboxylic acids is 1. The number of hydrogen-bond acceptors (Lipinski definition) is 18. The number of allylic oxidation sites excluding steroid dienone is 3. The lowest BCUT2D eigenvalue weighted by molar-refractivity contribution is -0.379. The van der Waals surface area contributed by atoms with Crippen LogP contribution in [0.2, 0.25) is 0 Å². The normalized spacial score (nSPS) is 27.9. The van der Waals surface area contributed by atoms with E-state index < -0.39 is 124 Å². The molecule has 3 heterocycles. The van der Waals surface area contributed by atoms with Crippen molar-refractivity contribution in [2.24, 2.45) is 0 Å². The van der Waals surface area contributed by atoms with Gasteiger partial charge in [-0.3, -0.25) is 4.79 Å². The van der Waals surface area contributed by atoms with Gasteiger partial charge < -0.3 is 89.9 Å². The lowest BCUT2D eigenvalue weighted by atomic mass is 9.96. The summed E-state index contributed by atoms with van der Waals surface area (Å²) in [5.41, 5.74) is 0. The highest BCUT2D eigenvalue weighted by molar-refractivity contribution is 5.76. The smallest absolute Gasteiger partial charge is 0.220 e. The largest absolute Gasteiger partial charge is 0.394 e. The molecule has 19 heteroatoms. The second kappa shape index (κ2) is 54.3. The summed E-state index contributed by atoms with van der Waals surface area (Å²) in [4.78, 5) is 13.4. The molecular formula is C72H135NO18. The van der Waals surface area contributed by atoms with E-state index in [-0.39, 0.29) is 18.9 Å². The molecule has 0 aromatic rings. The number of amides is 1. The van der Waals surface area contributed by atoms with Crippen molar-refractivity contribution in [2.75, 3.05) is 26.4 Å². The third-order valence-corrected chi connectivity index (χ3v) is 18.7. The van der Waals surface area contributed by atoms with E-state index >= 15 is 0 Å². The zero-order chi connectivity index (χ0) is 66.1. The number of nitrogens with one attached hydrogen (secondary N) is 1. The molecule has 19 nitrogen and oxygen atoms in total. The van der Waals surface area contributed by atoms with Crippen molar-refractivity contribution in [1.29, 1.82) is 0 Å². The fourth-order valence-electron chi connectivity index (χ4n) is 12.7. The third kappa shape index (κ3) is 35.9. The second-order valence-corrected chi connectivity index (χ2v) is 26.8. The minimum atomic E-state index is -1.98. The Bertz CT molecular complexity index is 1750.